The van der Waals surface area contributed by atoms with Gasteiger partial charge < -0.3 is 5.32 Å². The molecule has 0 radical (unpaired) electrons. The van der Waals surface area contributed by atoms with Gasteiger partial charge in [-0.05, 0) is 42.3 Å². The lowest BCUT2D eigenvalue weighted by Gasteiger charge is -2.12. The molecule has 1 nitrogen and oxygen atoms in total. The standard InChI is InChI=1S/C15H12ClF4N/c1-9-4-10(2-3-14(9)17)8-21-13-6-11(15(18,19)20)5-12(16)7-13/h2-7,21H,8H2,1H3. The van der Waals surface area contributed by atoms with Crippen LogP contribution in [0.25, 0.3) is 0 Å². The van der Waals surface area contributed by atoms with Gasteiger partial charge in [-0.3, -0.25) is 0 Å². The number of halogens is 5. The minimum Gasteiger partial charge on any atom is -0.381 e. The molecule has 0 aliphatic heterocycles. The van der Waals surface area contributed by atoms with Gasteiger partial charge in [-0.1, -0.05) is 23.7 Å². The molecule has 0 amide bonds. The second kappa shape index (κ2) is 5.93. The van der Waals surface area contributed by atoms with Crippen molar-refractivity contribution in [3.8, 4) is 0 Å². The first-order chi connectivity index (χ1) is 9.75. The van der Waals surface area contributed by atoms with Crippen LogP contribution in [0.4, 0.5) is 23.2 Å². The molecule has 112 valence electrons. The monoisotopic (exact) mass is 317 g/mol. The molecule has 21 heavy (non-hydrogen) atoms. The van der Waals surface area contributed by atoms with Crippen molar-refractivity contribution in [3.63, 3.8) is 0 Å². The highest BCUT2D eigenvalue weighted by Gasteiger charge is 2.31. The normalized spacial score (nSPS) is 11.5. The number of rotatable bonds is 3. The van der Waals surface area contributed by atoms with Gasteiger partial charge in [0.15, 0.2) is 0 Å². The highest BCUT2D eigenvalue weighted by molar-refractivity contribution is 6.30. The van der Waals surface area contributed by atoms with E-state index in [0.717, 1.165) is 17.7 Å². The Kier molecular flexibility index (Phi) is 4.42. The highest BCUT2D eigenvalue weighted by atomic mass is 35.5. The van der Waals surface area contributed by atoms with Crippen LogP contribution in [-0.2, 0) is 12.7 Å². The molecular weight excluding hydrogens is 306 g/mol. The lowest BCUT2D eigenvalue weighted by Crippen LogP contribution is -2.07. The minimum absolute atomic E-state index is 0.00242. The number of nitrogens with one attached hydrogen (secondary N) is 1. The fraction of sp³-hybridized carbons (Fsp3) is 0.200. The first-order valence-corrected chi connectivity index (χ1v) is 6.50. The maximum Gasteiger partial charge on any atom is 0.416 e. The lowest BCUT2D eigenvalue weighted by atomic mass is 10.1. The minimum atomic E-state index is -4.45. The van der Waals surface area contributed by atoms with E-state index >= 15 is 0 Å². The van der Waals surface area contributed by atoms with Crippen molar-refractivity contribution in [2.45, 2.75) is 19.6 Å². The Balaban J connectivity index is 2.16. The third kappa shape index (κ3) is 4.11. The van der Waals surface area contributed by atoms with E-state index in [4.69, 9.17) is 11.6 Å². The molecule has 2 rings (SSSR count). The van der Waals surface area contributed by atoms with E-state index < -0.39 is 11.7 Å². The molecule has 2 aromatic rings. The van der Waals surface area contributed by atoms with E-state index in [2.05, 4.69) is 5.32 Å². The number of aryl methyl sites for hydroxylation is 1. The predicted molar refractivity (Wildman–Crippen MR) is 74.9 cm³/mol. The molecule has 0 aromatic heterocycles. The summed E-state index contributed by atoms with van der Waals surface area (Å²) in [6, 6.07) is 7.80. The Labute approximate surface area is 124 Å². The third-order valence-corrected chi connectivity index (χ3v) is 3.16. The smallest absolute Gasteiger partial charge is 0.381 e. The number of anilines is 1. The van der Waals surface area contributed by atoms with Crippen LogP contribution in [-0.4, -0.2) is 0 Å². The fourth-order valence-corrected chi connectivity index (χ4v) is 2.11. The molecule has 0 atom stereocenters. The predicted octanol–water partition coefficient (Wildman–Crippen LogP) is 5.42. The van der Waals surface area contributed by atoms with Gasteiger partial charge in [-0.15, -0.1) is 0 Å². The van der Waals surface area contributed by atoms with Gasteiger partial charge in [0.2, 0.25) is 0 Å². The van der Waals surface area contributed by atoms with Crippen molar-refractivity contribution < 1.29 is 17.6 Å². The summed E-state index contributed by atoms with van der Waals surface area (Å²) in [7, 11) is 0. The summed E-state index contributed by atoms with van der Waals surface area (Å²) in [6.45, 7) is 1.90. The van der Waals surface area contributed by atoms with Crippen LogP contribution in [0.3, 0.4) is 0 Å². The zero-order valence-corrected chi connectivity index (χ0v) is 11.8. The summed E-state index contributed by atoms with van der Waals surface area (Å²) < 4.78 is 51.2. The quantitative estimate of drug-likeness (QED) is 0.745. The number of hydrogen-bond donors (Lipinski definition) is 1. The summed E-state index contributed by atoms with van der Waals surface area (Å²) in [5.41, 5.74) is 0.698. The van der Waals surface area contributed by atoms with E-state index in [-0.39, 0.29) is 23.1 Å². The van der Waals surface area contributed by atoms with E-state index in [9.17, 15) is 17.6 Å². The van der Waals surface area contributed by atoms with Crippen LogP contribution in [0.15, 0.2) is 36.4 Å². The molecule has 2 aromatic carbocycles. The number of benzene rings is 2. The van der Waals surface area contributed by atoms with E-state index in [0.29, 0.717) is 5.56 Å². The Morgan fingerprint density at radius 3 is 2.43 bits per heavy atom. The molecule has 0 bridgehead atoms. The van der Waals surface area contributed by atoms with Crippen molar-refractivity contribution in [2.75, 3.05) is 5.32 Å². The molecule has 0 aliphatic carbocycles. The Morgan fingerprint density at radius 2 is 1.81 bits per heavy atom. The summed E-state index contributed by atoms with van der Waals surface area (Å²) in [5, 5.41) is 2.86. The largest absolute Gasteiger partial charge is 0.416 e. The zero-order chi connectivity index (χ0) is 15.6. The lowest BCUT2D eigenvalue weighted by molar-refractivity contribution is -0.137. The Morgan fingerprint density at radius 1 is 1.10 bits per heavy atom. The third-order valence-electron chi connectivity index (χ3n) is 2.94. The van der Waals surface area contributed by atoms with Crippen molar-refractivity contribution in [1.29, 1.82) is 0 Å². The van der Waals surface area contributed by atoms with Crippen LogP contribution in [0.5, 0.6) is 0 Å². The van der Waals surface area contributed by atoms with Crippen LogP contribution in [0, 0.1) is 12.7 Å². The molecule has 0 unspecified atom stereocenters. The van der Waals surface area contributed by atoms with Crippen molar-refractivity contribution in [1.82, 2.24) is 0 Å². The van der Waals surface area contributed by atoms with E-state index in [1.54, 1.807) is 19.1 Å². The van der Waals surface area contributed by atoms with Crippen LogP contribution < -0.4 is 5.32 Å². The summed E-state index contributed by atoms with van der Waals surface area (Å²) in [4.78, 5) is 0. The molecule has 0 fully saturated rings. The van der Waals surface area contributed by atoms with Gasteiger partial charge in [-0.25, -0.2) is 4.39 Å². The SMILES string of the molecule is Cc1cc(CNc2cc(Cl)cc(C(F)(F)F)c2)ccc1F. The van der Waals surface area contributed by atoms with Crippen molar-refractivity contribution in [3.05, 3.63) is 63.9 Å². The average molecular weight is 318 g/mol. The number of hydrogen-bond acceptors (Lipinski definition) is 1. The molecule has 1 N–H and O–H groups in total. The van der Waals surface area contributed by atoms with E-state index in [1.165, 1.54) is 12.1 Å². The topological polar surface area (TPSA) is 12.0 Å². The molecule has 6 heteroatoms. The summed E-state index contributed by atoms with van der Waals surface area (Å²) in [5.74, 6) is -0.319. The van der Waals surface area contributed by atoms with Crippen molar-refractivity contribution >= 4 is 17.3 Å². The van der Waals surface area contributed by atoms with Gasteiger partial charge in [0.25, 0.3) is 0 Å². The molecule has 0 aliphatic rings. The van der Waals surface area contributed by atoms with Crippen LogP contribution >= 0.6 is 11.6 Å². The zero-order valence-electron chi connectivity index (χ0n) is 11.1. The second-order valence-electron chi connectivity index (χ2n) is 4.66. The number of alkyl halides is 3. The van der Waals surface area contributed by atoms with Crippen LogP contribution in [0.1, 0.15) is 16.7 Å². The fourth-order valence-electron chi connectivity index (χ4n) is 1.88. The Bertz CT molecular complexity index is 653. The van der Waals surface area contributed by atoms with Gasteiger partial charge in [0.05, 0.1) is 5.56 Å². The summed E-state index contributed by atoms with van der Waals surface area (Å²) >= 11 is 5.69. The molecule has 0 spiro atoms. The second-order valence-corrected chi connectivity index (χ2v) is 5.10. The maximum atomic E-state index is 13.1. The van der Waals surface area contributed by atoms with Crippen LogP contribution in [0.2, 0.25) is 5.02 Å². The molecule has 0 heterocycles. The highest BCUT2D eigenvalue weighted by Crippen LogP contribution is 2.33. The first kappa shape index (κ1) is 15.6. The van der Waals surface area contributed by atoms with Gasteiger partial charge in [-0.2, -0.15) is 13.2 Å². The summed E-state index contributed by atoms with van der Waals surface area (Å²) in [6.07, 6.45) is -4.45. The first-order valence-electron chi connectivity index (χ1n) is 6.12. The molecule has 0 saturated heterocycles. The van der Waals surface area contributed by atoms with Gasteiger partial charge in [0, 0.05) is 17.3 Å². The van der Waals surface area contributed by atoms with Crippen molar-refractivity contribution in [2.24, 2.45) is 0 Å². The molecular formula is C15H12ClF4N. The maximum absolute atomic E-state index is 13.1. The van der Waals surface area contributed by atoms with E-state index in [1.807, 2.05) is 0 Å². The Hall–Kier alpha value is -1.75. The van der Waals surface area contributed by atoms with Gasteiger partial charge >= 0.3 is 6.18 Å². The molecule has 0 saturated carbocycles. The average Bonchev–Trinajstić information content (AvgIpc) is 2.38. The van der Waals surface area contributed by atoms with Gasteiger partial charge in [0.1, 0.15) is 5.82 Å².